The van der Waals surface area contributed by atoms with E-state index in [0.29, 0.717) is 33.4 Å². The fourth-order valence-electron chi connectivity index (χ4n) is 3.33. The van der Waals surface area contributed by atoms with Gasteiger partial charge in [0.15, 0.2) is 5.78 Å². The van der Waals surface area contributed by atoms with E-state index in [1.807, 2.05) is 0 Å². The van der Waals surface area contributed by atoms with E-state index in [9.17, 15) is 14.4 Å². The number of rotatable bonds is 4. The molecule has 172 valence electrons. The number of carboxylic acids is 2. The Labute approximate surface area is 207 Å². The van der Waals surface area contributed by atoms with Crippen LogP contribution in [0.25, 0.3) is 0 Å². The van der Waals surface area contributed by atoms with Gasteiger partial charge in [0, 0.05) is 33.4 Å². The number of ketones is 1. The summed E-state index contributed by atoms with van der Waals surface area (Å²) in [5.41, 5.74) is 3.95. The maximum absolute atomic E-state index is 12.8. The molecule has 5 heteroatoms. The molecule has 0 aliphatic carbocycles. The molecule has 0 saturated heterocycles. The molecule has 0 amide bonds. The van der Waals surface area contributed by atoms with Crippen LogP contribution in [-0.2, 0) is 0 Å². The first-order valence-corrected chi connectivity index (χ1v) is 10.8. The van der Waals surface area contributed by atoms with Crippen molar-refractivity contribution in [3.8, 4) is 23.7 Å². The summed E-state index contributed by atoms with van der Waals surface area (Å²) in [5.74, 6) is 9.67. The lowest BCUT2D eigenvalue weighted by Gasteiger charge is -2.02. The van der Waals surface area contributed by atoms with Gasteiger partial charge in [-0.15, -0.1) is 0 Å². The third-order valence-corrected chi connectivity index (χ3v) is 5.22. The van der Waals surface area contributed by atoms with Crippen LogP contribution in [0.3, 0.4) is 0 Å². The van der Waals surface area contributed by atoms with Crippen LogP contribution in [0.5, 0.6) is 0 Å². The molecule has 0 fully saturated rings. The van der Waals surface area contributed by atoms with Crippen molar-refractivity contribution in [2.75, 3.05) is 0 Å². The van der Waals surface area contributed by atoms with Gasteiger partial charge in [-0.2, -0.15) is 0 Å². The highest BCUT2D eigenvalue weighted by atomic mass is 16.4. The van der Waals surface area contributed by atoms with E-state index >= 15 is 0 Å². The third-order valence-electron chi connectivity index (χ3n) is 5.22. The van der Waals surface area contributed by atoms with Crippen molar-refractivity contribution in [1.29, 1.82) is 0 Å². The molecular weight excluding hydrogens is 452 g/mol. The Balaban J connectivity index is 1.45. The highest BCUT2D eigenvalue weighted by Gasteiger charge is 2.09. The number of carbonyl (C=O) groups excluding carboxylic acids is 1. The predicted molar refractivity (Wildman–Crippen MR) is 135 cm³/mol. The Morgan fingerprint density at radius 2 is 0.806 bits per heavy atom. The number of aromatic carboxylic acids is 2. The molecule has 4 rings (SSSR count). The Kier molecular flexibility index (Phi) is 7.06. The van der Waals surface area contributed by atoms with Gasteiger partial charge in [-0.3, -0.25) is 4.79 Å². The van der Waals surface area contributed by atoms with E-state index in [2.05, 4.69) is 23.7 Å². The molecule has 0 atom stereocenters. The minimum atomic E-state index is -1.01. The smallest absolute Gasteiger partial charge is 0.335 e. The Morgan fingerprint density at radius 1 is 0.444 bits per heavy atom. The zero-order chi connectivity index (χ0) is 25.5. The summed E-state index contributed by atoms with van der Waals surface area (Å²) in [5, 5.41) is 18.2. The van der Waals surface area contributed by atoms with Crippen LogP contribution in [0.2, 0.25) is 0 Å². The predicted octanol–water partition coefficient (Wildman–Crippen LogP) is 5.11. The molecule has 0 aliphatic rings. The summed E-state index contributed by atoms with van der Waals surface area (Å²) in [6, 6.07) is 26.5. The maximum Gasteiger partial charge on any atom is 0.335 e. The lowest BCUT2D eigenvalue weighted by Crippen LogP contribution is -2.01. The molecule has 0 spiro atoms. The van der Waals surface area contributed by atoms with Crippen molar-refractivity contribution < 1.29 is 24.6 Å². The first-order valence-electron chi connectivity index (χ1n) is 10.8. The highest BCUT2D eigenvalue weighted by Crippen LogP contribution is 2.13. The van der Waals surface area contributed by atoms with Crippen molar-refractivity contribution in [3.63, 3.8) is 0 Å². The van der Waals surface area contributed by atoms with Crippen molar-refractivity contribution in [2.24, 2.45) is 0 Å². The largest absolute Gasteiger partial charge is 0.478 e. The van der Waals surface area contributed by atoms with Gasteiger partial charge in [0.25, 0.3) is 0 Å². The molecule has 5 nitrogen and oxygen atoms in total. The Morgan fingerprint density at radius 3 is 1.17 bits per heavy atom. The normalized spacial score (nSPS) is 9.78. The minimum absolute atomic E-state index is 0.141. The molecule has 0 aliphatic heterocycles. The molecule has 4 aromatic carbocycles. The standard InChI is InChI=1S/C31H18O5/c32-29(25-15-11-21(12-16-25)7-9-23-3-1-5-27(19-23)30(33)34)26-17-13-22(14-18-26)8-10-24-4-2-6-28(20-24)31(35)36/h1-6,11-20H,(H,33,34)(H,35,36). The summed E-state index contributed by atoms with van der Waals surface area (Å²) in [4.78, 5) is 35.0. The number of benzene rings is 4. The van der Waals surface area contributed by atoms with Crippen LogP contribution in [0, 0.1) is 23.7 Å². The molecule has 4 aromatic rings. The highest BCUT2D eigenvalue weighted by molar-refractivity contribution is 6.09. The van der Waals surface area contributed by atoms with Crippen LogP contribution >= 0.6 is 0 Å². The van der Waals surface area contributed by atoms with Gasteiger partial charge in [-0.1, -0.05) is 35.8 Å². The van der Waals surface area contributed by atoms with E-state index in [1.54, 1.807) is 72.8 Å². The van der Waals surface area contributed by atoms with E-state index in [4.69, 9.17) is 10.2 Å². The number of hydrogen-bond acceptors (Lipinski definition) is 3. The first kappa shape index (κ1) is 23.8. The van der Waals surface area contributed by atoms with Gasteiger partial charge in [-0.05, 0) is 84.9 Å². The van der Waals surface area contributed by atoms with E-state index in [-0.39, 0.29) is 16.9 Å². The van der Waals surface area contributed by atoms with Crippen LogP contribution in [-0.4, -0.2) is 27.9 Å². The van der Waals surface area contributed by atoms with Gasteiger partial charge in [0.1, 0.15) is 0 Å². The second kappa shape index (κ2) is 10.7. The van der Waals surface area contributed by atoms with Crippen LogP contribution in [0.1, 0.15) is 58.9 Å². The Hall–Kier alpha value is -5.39. The van der Waals surface area contributed by atoms with Crippen LogP contribution in [0.4, 0.5) is 0 Å². The molecule has 0 bridgehead atoms. The summed E-state index contributed by atoms with van der Waals surface area (Å²) in [6.07, 6.45) is 0. The van der Waals surface area contributed by atoms with Gasteiger partial charge >= 0.3 is 11.9 Å². The number of hydrogen-bond donors (Lipinski definition) is 2. The summed E-state index contributed by atoms with van der Waals surface area (Å²) in [6.45, 7) is 0. The van der Waals surface area contributed by atoms with Crippen molar-refractivity contribution in [1.82, 2.24) is 0 Å². The molecule has 36 heavy (non-hydrogen) atoms. The monoisotopic (exact) mass is 470 g/mol. The fourth-order valence-corrected chi connectivity index (χ4v) is 3.33. The first-order chi connectivity index (χ1) is 17.4. The average molecular weight is 470 g/mol. The molecule has 0 heterocycles. The van der Waals surface area contributed by atoms with E-state index < -0.39 is 11.9 Å². The Bertz CT molecular complexity index is 1470. The average Bonchev–Trinajstić information content (AvgIpc) is 2.91. The summed E-state index contributed by atoms with van der Waals surface area (Å²) < 4.78 is 0. The summed E-state index contributed by atoms with van der Waals surface area (Å²) in [7, 11) is 0. The number of carbonyl (C=O) groups is 3. The van der Waals surface area contributed by atoms with E-state index in [1.165, 1.54) is 24.3 Å². The zero-order valence-electron chi connectivity index (χ0n) is 18.9. The SMILES string of the molecule is O=C(O)c1cccc(C#Cc2ccc(C(=O)c3ccc(C#Cc4cccc(C(=O)O)c4)cc3)cc2)c1. The van der Waals surface area contributed by atoms with Gasteiger partial charge < -0.3 is 10.2 Å². The molecule has 0 radical (unpaired) electrons. The maximum atomic E-state index is 12.8. The third kappa shape index (κ3) is 5.94. The van der Waals surface area contributed by atoms with Gasteiger partial charge in [-0.25, -0.2) is 9.59 Å². The molecule has 2 N–H and O–H groups in total. The lowest BCUT2D eigenvalue weighted by molar-refractivity contribution is 0.0686. The molecule has 0 aromatic heterocycles. The molecule has 0 unspecified atom stereocenters. The second-order valence-electron chi connectivity index (χ2n) is 7.76. The zero-order valence-corrected chi connectivity index (χ0v) is 18.9. The second-order valence-corrected chi connectivity index (χ2v) is 7.76. The summed E-state index contributed by atoms with van der Waals surface area (Å²) >= 11 is 0. The molecule has 0 saturated carbocycles. The van der Waals surface area contributed by atoms with Crippen LogP contribution in [0.15, 0.2) is 97.1 Å². The fraction of sp³-hybridized carbons (Fsp3) is 0. The van der Waals surface area contributed by atoms with Crippen molar-refractivity contribution in [3.05, 3.63) is 142 Å². The molecular formula is C31H18O5. The van der Waals surface area contributed by atoms with Crippen molar-refractivity contribution in [2.45, 2.75) is 0 Å². The lowest BCUT2D eigenvalue weighted by atomic mass is 10.0. The number of carboxylic acid groups (broad SMARTS) is 2. The minimum Gasteiger partial charge on any atom is -0.478 e. The van der Waals surface area contributed by atoms with Crippen LogP contribution < -0.4 is 0 Å². The quantitative estimate of drug-likeness (QED) is 0.319. The van der Waals surface area contributed by atoms with Gasteiger partial charge in [0.2, 0.25) is 0 Å². The topological polar surface area (TPSA) is 91.7 Å². The van der Waals surface area contributed by atoms with Crippen molar-refractivity contribution >= 4 is 17.7 Å². The van der Waals surface area contributed by atoms with E-state index in [0.717, 1.165) is 0 Å². The van der Waals surface area contributed by atoms with Gasteiger partial charge in [0.05, 0.1) is 11.1 Å².